The highest BCUT2D eigenvalue weighted by Gasteiger charge is 2.06. The number of aryl methyl sites for hydroxylation is 2. The molecular formula is C13H15N3. The number of aromatic nitrogens is 2. The van der Waals surface area contributed by atoms with Gasteiger partial charge in [0.2, 0.25) is 0 Å². The quantitative estimate of drug-likeness (QED) is 0.832. The monoisotopic (exact) mass is 213 g/mol. The van der Waals surface area contributed by atoms with Crippen LogP contribution in [0.2, 0.25) is 0 Å². The molecule has 0 spiro atoms. The standard InChI is InChI=1S/C13H15N3/c1-9-7-13(16-10(2)15-9)12-6-4-3-5-11(12)8-14/h3-7H,8,14H2,1-2H3. The molecule has 1 heterocycles. The SMILES string of the molecule is Cc1cc(-c2ccccc2CN)nc(C)n1. The lowest BCUT2D eigenvalue weighted by molar-refractivity contribution is 1.01. The first-order valence-corrected chi connectivity index (χ1v) is 5.31. The van der Waals surface area contributed by atoms with Crippen molar-refractivity contribution in [2.24, 2.45) is 5.73 Å². The molecule has 0 unspecified atom stereocenters. The lowest BCUT2D eigenvalue weighted by Crippen LogP contribution is -2.01. The molecule has 0 saturated heterocycles. The molecule has 1 aromatic heterocycles. The zero-order chi connectivity index (χ0) is 11.5. The van der Waals surface area contributed by atoms with E-state index in [1.807, 2.05) is 44.2 Å². The third kappa shape index (κ3) is 2.09. The largest absolute Gasteiger partial charge is 0.326 e. The molecular weight excluding hydrogens is 198 g/mol. The molecule has 0 saturated carbocycles. The summed E-state index contributed by atoms with van der Waals surface area (Å²) < 4.78 is 0. The summed E-state index contributed by atoms with van der Waals surface area (Å²) in [6.45, 7) is 4.41. The minimum absolute atomic E-state index is 0.526. The second-order valence-corrected chi connectivity index (χ2v) is 3.80. The van der Waals surface area contributed by atoms with Gasteiger partial charge in [-0.05, 0) is 25.5 Å². The summed E-state index contributed by atoms with van der Waals surface area (Å²) in [5.74, 6) is 0.793. The van der Waals surface area contributed by atoms with Crippen LogP contribution in [0.5, 0.6) is 0 Å². The summed E-state index contributed by atoms with van der Waals surface area (Å²) in [5.41, 5.74) is 9.86. The van der Waals surface area contributed by atoms with Crippen LogP contribution in [0.1, 0.15) is 17.1 Å². The van der Waals surface area contributed by atoms with Crippen molar-refractivity contribution in [3.63, 3.8) is 0 Å². The highest BCUT2D eigenvalue weighted by Crippen LogP contribution is 2.21. The van der Waals surface area contributed by atoms with E-state index in [9.17, 15) is 0 Å². The van der Waals surface area contributed by atoms with Gasteiger partial charge in [0.15, 0.2) is 0 Å². The van der Waals surface area contributed by atoms with Gasteiger partial charge < -0.3 is 5.73 Å². The van der Waals surface area contributed by atoms with Gasteiger partial charge in [-0.25, -0.2) is 9.97 Å². The van der Waals surface area contributed by atoms with Gasteiger partial charge in [0, 0.05) is 17.8 Å². The summed E-state index contributed by atoms with van der Waals surface area (Å²) >= 11 is 0. The maximum absolute atomic E-state index is 5.72. The Morgan fingerprint density at radius 2 is 1.88 bits per heavy atom. The van der Waals surface area contributed by atoms with Crippen LogP contribution < -0.4 is 5.73 Å². The van der Waals surface area contributed by atoms with E-state index >= 15 is 0 Å². The molecule has 16 heavy (non-hydrogen) atoms. The third-order valence-corrected chi connectivity index (χ3v) is 2.48. The van der Waals surface area contributed by atoms with E-state index < -0.39 is 0 Å². The van der Waals surface area contributed by atoms with Gasteiger partial charge in [-0.1, -0.05) is 24.3 Å². The average molecular weight is 213 g/mol. The molecule has 2 N–H and O–H groups in total. The van der Waals surface area contributed by atoms with Gasteiger partial charge in [-0.2, -0.15) is 0 Å². The Labute approximate surface area is 95.4 Å². The van der Waals surface area contributed by atoms with Crippen molar-refractivity contribution >= 4 is 0 Å². The Hall–Kier alpha value is -1.74. The normalized spacial score (nSPS) is 10.4. The minimum atomic E-state index is 0.526. The third-order valence-electron chi connectivity index (χ3n) is 2.48. The number of nitrogens with two attached hydrogens (primary N) is 1. The number of hydrogen-bond donors (Lipinski definition) is 1. The van der Waals surface area contributed by atoms with Crippen LogP contribution in [0.25, 0.3) is 11.3 Å². The number of benzene rings is 1. The van der Waals surface area contributed by atoms with Gasteiger partial charge in [0.25, 0.3) is 0 Å². The molecule has 0 radical (unpaired) electrons. The van der Waals surface area contributed by atoms with Crippen LogP contribution in [-0.4, -0.2) is 9.97 Å². The van der Waals surface area contributed by atoms with E-state index in [0.29, 0.717) is 6.54 Å². The van der Waals surface area contributed by atoms with Gasteiger partial charge in [0.05, 0.1) is 5.69 Å². The lowest BCUT2D eigenvalue weighted by Gasteiger charge is -2.08. The Kier molecular flexibility index (Phi) is 2.97. The van der Waals surface area contributed by atoms with E-state index in [0.717, 1.165) is 28.3 Å². The molecule has 0 aliphatic heterocycles. The van der Waals surface area contributed by atoms with Crippen molar-refractivity contribution in [3.05, 3.63) is 47.4 Å². The minimum Gasteiger partial charge on any atom is -0.326 e. The van der Waals surface area contributed by atoms with Crippen molar-refractivity contribution in [1.82, 2.24) is 9.97 Å². The van der Waals surface area contributed by atoms with E-state index in [2.05, 4.69) is 9.97 Å². The average Bonchev–Trinajstić information content (AvgIpc) is 2.27. The van der Waals surface area contributed by atoms with E-state index in [1.165, 1.54) is 0 Å². The maximum Gasteiger partial charge on any atom is 0.126 e. The Balaban J connectivity index is 2.58. The Morgan fingerprint density at radius 3 is 2.56 bits per heavy atom. The summed E-state index contributed by atoms with van der Waals surface area (Å²) in [6.07, 6.45) is 0. The number of rotatable bonds is 2. The summed E-state index contributed by atoms with van der Waals surface area (Å²) in [6, 6.07) is 10.1. The van der Waals surface area contributed by atoms with Gasteiger partial charge in [-0.15, -0.1) is 0 Å². The van der Waals surface area contributed by atoms with Gasteiger partial charge in [-0.3, -0.25) is 0 Å². The molecule has 2 aromatic rings. The summed E-state index contributed by atoms with van der Waals surface area (Å²) in [4.78, 5) is 8.72. The van der Waals surface area contributed by atoms with Crippen molar-refractivity contribution in [2.75, 3.05) is 0 Å². The van der Waals surface area contributed by atoms with Crippen LogP contribution in [0.3, 0.4) is 0 Å². The van der Waals surface area contributed by atoms with Crippen molar-refractivity contribution in [1.29, 1.82) is 0 Å². The van der Waals surface area contributed by atoms with Gasteiger partial charge >= 0.3 is 0 Å². The van der Waals surface area contributed by atoms with Crippen LogP contribution in [0, 0.1) is 13.8 Å². The van der Waals surface area contributed by atoms with Crippen LogP contribution >= 0.6 is 0 Å². The molecule has 0 atom stereocenters. The molecule has 2 rings (SSSR count). The van der Waals surface area contributed by atoms with E-state index in [-0.39, 0.29) is 0 Å². The van der Waals surface area contributed by atoms with E-state index in [4.69, 9.17) is 5.73 Å². The second-order valence-electron chi connectivity index (χ2n) is 3.80. The predicted molar refractivity (Wildman–Crippen MR) is 64.8 cm³/mol. The number of nitrogens with zero attached hydrogens (tertiary/aromatic N) is 2. The van der Waals surface area contributed by atoms with Crippen LogP contribution in [0.4, 0.5) is 0 Å². The summed E-state index contributed by atoms with van der Waals surface area (Å²) in [7, 11) is 0. The molecule has 0 amide bonds. The van der Waals surface area contributed by atoms with Gasteiger partial charge in [0.1, 0.15) is 5.82 Å². The zero-order valence-electron chi connectivity index (χ0n) is 9.57. The predicted octanol–water partition coefficient (Wildman–Crippen LogP) is 2.22. The smallest absolute Gasteiger partial charge is 0.126 e. The number of hydrogen-bond acceptors (Lipinski definition) is 3. The Bertz CT molecular complexity index is 486. The zero-order valence-corrected chi connectivity index (χ0v) is 9.57. The second kappa shape index (κ2) is 4.41. The fraction of sp³-hybridized carbons (Fsp3) is 0.231. The maximum atomic E-state index is 5.72. The molecule has 3 nitrogen and oxygen atoms in total. The topological polar surface area (TPSA) is 51.8 Å². The highest BCUT2D eigenvalue weighted by molar-refractivity contribution is 5.63. The van der Waals surface area contributed by atoms with Crippen molar-refractivity contribution in [3.8, 4) is 11.3 Å². The molecule has 0 bridgehead atoms. The van der Waals surface area contributed by atoms with Crippen LogP contribution in [-0.2, 0) is 6.54 Å². The van der Waals surface area contributed by atoms with Crippen LogP contribution in [0.15, 0.2) is 30.3 Å². The van der Waals surface area contributed by atoms with Crippen molar-refractivity contribution in [2.45, 2.75) is 20.4 Å². The fourth-order valence-corrected chi connectivity index (χ4v) is 1.80. The van der Waals surface area contributed by atoms with Crippen molar-refractivity contribution < 1.29 is 0 Å². The molecule has 0 aliphatic rings. The Morgan fingerprint density at radius 1 is 1.12 bits per heavy atom. The molecule has 1 aromatic carbocycles. The highest BCUT2D eigenvalue weighted by atomic mass is 14.9. The first kappa shape index (κ1) is 10.8. The fourth-order valence-electron chi connectivity index (χ4n) is 1.80. The molecule has 0 fully saturated rings. The lowest BCUT2D eigenvalue weighted by atomic mass is 10.0. The first-order valence-electron chi connectivity index (χ1n) is 5.31. The molecule has 82 valence electrons. The van der Waals surface area contributed by atoms with E-state index in [1.54, 1.807) is 0 Å². The molecule has 0 aliphatic carbocycles. The first-order chi connectivity index (χ1) is 7.70. The molecule has 3 heteroatoms. The summed E-state index contributed by atoms with van der Waals surface area (Å²) in [5, 5.41) is 0.